The van der Waals surface area contributed by atoms with Gasteiger partial charge in [0.1, 0.15) is 5.82 Å². The summed E-state index contributed by atoms with van der Waals surface area (Å²) in [6.45, 7) is 3.26. The Balaban J connectivity index is 1.81. The standard InChI is InChI=1S/C26H27FN2O3/c1-19-6-8-21(9-7-19)18-29(26(31)22-4-3-5-23(27)17-22)24-12-10-20(11-13-24)16-25(30)28-14-15-32-2/h3-13,17H,14-16,18H2,1-2H3,(H,28,30). The van der Waals surface area contributed by atoms with E-state index in [1.807, 2.05) is 55.5 Å². The van der Waals surface area contributed by atoms with E-state index >= 15 is 0 Å². The summed E-state index contributed by atoms with van der Waals surface area (Å²) in [6, 6.07) is 20.9. The number of carbonyl (C=O) groups is 2. The SMILES string of the molecule is COCCNC(=O)Cc1ccc(N(Cc2ccc(C)cc2)C(=O)c2cccc(F)c2)cc1. The van der Waals surface area contributed by atoms with Crippen molar-refractivity contribution in [2.45, 2.75) is 19.9 Å². The molecule has 3 aromatic rings. The normalized spacial score (nSPS) is 10.6. The molecule has 0 fully saturated rings. The highest BCUT2D eigenvalue weighted by atomic mass is 19.1. The topological polar surface area (TPSA) is 58.6 Å². The molecule has 1 N–H and O–H groups in total. The van der Waals surface area contributed by atoms with Crippen LogP contribution in [0.2, 0.25) is 0 Å². The number of nitrogens with zero attached hydrogens (tertiary/aromatic N) is 1. The minimum absolute atomic E-state index is 0.0952. The fourth-order valence-electron chi connectivity index (χ4n) is 3.27. The summed E-state index contributed by atoms with van der Waals surface area (Å²) in [4.78, 5) is 26.9. The minimum atomic E-state index is -0.457. The van der Waals surface area contributed by atoms with Gasteiger partial charge in [0.2, 0.25) is 5.91 Å². The largest absolute Gasteiger partial charge is 0.383 e. The third-order valence-corrected chi connectivity index (χ3v) is 5.02. The third-order valence-electron chi connectivity index (χ3n) is 5.02. The van der Waals surface area contributed by atoms with Gasteiger partial charge in [-0.3, -0.25) is 9.59 Å². The van der Waals surface area contributed by atoms with Gasteiger partial charge in [0.25, 0.3) is 5.91 Å². The fourth-order valence-corrected chi connectivity index (χ4v) is 3.27. The first-order chi connectivity index (χ1) is 15.5. The number of rotatable bonds is 9. The monoisotopic (exact) mass is 434 g/mol. The van der Waals surface area contributed by atoms with Crippen LogP contribution in [0, 0.1) is 12.7 Å². The Morgan fingerprint density at radius 2 is 1.66 bits per heavy atom. The Labute approximate surface area is 187 Å². The van der Waals surface area contributed by atoms with Crippen molar-refractivity contribution in [1.82, 2.24) is 5.32 Å². The summed E-state index contributed by atoms with van der Waals surface area (Å²) in [7, 11) is 1.58. The van der Waals surface area contributed by atoms with Crippen LogP contribution < -0.4 is 10.2 Å². The molecule has 0 aromatic heterocycles. The molecule has 0 aliphatic rings. The maximum atomic E-state index is 13.7. The minimum Gasteiger partial charge on any atom is -0.383 e. The molecular weight excluding hydrogens is 407 g/mol. The number of carbonyl (C=O) groups excluding carboxylic acids is 2. The van der Waals surface area contributed by atoms with E-state index in [1.165, 1.54) is 18.2 Å². The number of benzene rings is 3. The summed E-state index contributed by atoms with van der Waals surface area (Å²) < 4.78 is 18.7. The number of hydrogen-bond donors (Lipinski definition) is 1. The highest BCUT2D eigenvalue weighted by Crippen LogP contribution is 2.22. The summed E-state index contributed by atoms with van der Waals surface area (Å²) in [5.74, 6) is -0.849. The maximum Gasteiger partial charge on any atom is 0.258 e. The molecule has 0 aliphatic carbocycles. The number of methoxy groups -OCH3 is 1. The van der Waals surface area contributed by atoms with Crippen molar-refractivity contribution in [3.05, 3.63) is 101 Å². The van der Waals surface area contributed by atoms with Gasteiger partial charge < -0.3 is 15.0 Å². The lowest BCUT2D eigenvalue weighted by molar-refractivity contribution is -0.120. The lowest BCUT2D eigenvalue weighted by Crippen LogP contribution is -2.30. The molecule has 0 radical (unpaired) electrons. The van der Waals surface area contributed by atoms with Gasteiger partial charge in [0.05, 0.1) is 19.6 Å². The lowest BCUT2D eigenvalue weighted by Gasteiger charge is -2.24. The predicted molar refractivity (Wildman–Crippen MR) is 123 cm³/mol. The van der Waals surface area contributed by atoms with Crippen LogP contribution in [-0.2, 0) is 22.5 Å². The molecule has 0 spiro atoms. The second-order valence-electron chi connectivity index (χ2n) is 7.57. The van der Waals surface area contributed by atoms with Crippen molar-refractivity contribution < 1.29 is 18.7 Å². The first-order valence-corrected chi connectivity index (χ1v) is 10.4. The summed E-state index contributed by atoms with van der Waals surface area (Å²) in [5, 5.41) is 2.79. The molecule has 0 heterocycles. The number of aryl methyl sites for hydroxylation is 1. The fraction of sp³-hybridized carbons (Fsp3) is 0.231. The van der Waals surface area contributed by atoms with Crippen LogP contribution in [0.1, 0.15) is 27.0 Å². The van der Waals surface area contributed by atoms with E-state index in [9.17, 15) is 14.0 Å². The molecule has 0 unspecified atom stereocenters. The van der Waals surface area contributed by atoms with Gasteiger partial charge in [0, 0.05) is 24.9 Å². The molecule has 0 bridgehead atoms. The van der Waals surface area contributed by atoms with E-state index in [4.69, 9.17) is 4.74 Å². The number of anilines is 1. The Hall–Kier alpha value is -3.51. The van der Waals surface area contributed by atoms with Gasteiger partial charge in [-0.2, -0.15) is 0 Å². The van der Waals surface area contributed by atoms with Gasteiger partial charge in [-0.25, -0.2) is 4.39 Å². The van der Waals surface area contributed by atoms with Crippen molar-refractivity contribution in [3.8, 4) is 0 Å². The van der Waals surface area contributed by atoms with Gasteiger partial charge in [-0.1, -0.05) is 48.0 Å². The number of amides is 2. The van der Waals surface area contributed by atoms with Crippen LogP contribution in [0.25, 0.3) is 0 Å². The van der Waals surface area contributed by atoms with Gasteiger partial charge in [-0.15, -0.1) is 0 Å². The molecule has 3 aromatic carbocycles. The molecule has 0 saturated carbocycles. The molecule has 0 saturated heterocycles. The van der Waals surface area contributed by atoms with E-state index in [1.54, 1.807) is 18.1 Å². The summed E-state index contributed by atoms with van der Waals surface area (Å²) in [6.07, 6.45) is 0.236. The second kappa shape index (κ2) is 11.2. The molecule has 32 heavy (non-hydrogen) atoms. The van der Waals surface area contributed by atoms with Crippen molar-refractivity contribution in [2.75, 3.05) is 25.2 Å². The predicted octanol–water partition coefficient (Wildman–Crippen LogP) is 4.29. The molecular formula is C26H27FN2O3. The van der Waals surface area contributed by atoms with Crippen molar-refractivity contribution in [1.29, 1.82) is 0 Å². The zero-order chi connectivity index (χ0) is 22.9. The average molecular weight is 435 g/mol. The van der Waals surface area contributed by atoms with E-state index in [0.717, 1.165) is 16.7 Å². The Kier molecular flexibility index (Phi) is 8.11. The molecule has 3 rings (SSSR count). The van der Waals surface area contributed by atoms with Crippen LogP contribution in [0.15, 0.2) is 72.8 Å². The second-order valence-corrected chi connectivity index (χ2v) is 7.57. The van der Waals surface area contributed by atoms with Crippen molar-refractivity contribution in [3.63, 3.8) is 0 Å². The number of hydrogen-bond acceptors (Lipinski definition) is 3. The van der Waals surface area contributed by atoms with Crippen LogP contribution in [0.4, 0.5) is 10.1 Å². The smallest absolute Gasteiger partial charge is 0.258 e. The van der Waals surface area contributed by atoms with E-state index in [0.29, 0.717) is 25.4 Å². The Bertz CT molecular complexity index is 1050. The lowest BCUT2D eigenvalue weighted by atomic mass is 10.1. The van der Waals surface area contributed by atoms with Crippen LogP contribution in [-0.4, -0.2) is 32.1 Å². The highest BCUT2D eigenvalue weighted by molar-refractivity contribution is 6.06. The molecule has 6 heteroatoms. The van der Waals surface area contributed by atoms with Crippen LogP contribution in [0.3, 0.4) is 0 Å². The summed E-state index contributed by atoms with van der Waals surface area (Å²) >= 11 is 0. The van der Waals surface area contributed by atoms with E-state index in [-0.39, 0.29) is 23.8 Å². The van der Waals surface area contributed by atoms with Gasteiger partial charge in [-0.05, 0) is 48.4 Å². The quantitative estimate of drug-likeness (QED) is 0.511. The van der Waals surface area contributed by atoms with Crippen molar-refractivity contribution in [2.24, 2.45) is 0 Å². The number of ether oxygens (including phenoxy) is 1. The zero-order valence-electron chi connectivity index (χ0n) is 18.3. The Morgan fingerprint density at radius 3 is 2.31 bits per heavy atom. The molecule has 2 amide bonds. The number of halogens is 1. The third kappa shape index (κ3) is 6.49. The maximum absolute atomic E-state index is 13.7. The van der Waals surface area contributed by atoms with Crippen LogP contribution in [0.5, 0.6) is 0 Å². The Morgan fingerprint density at radius 1 is 0.969 bits per heavy atom. The molecule has 0 aliphatic heterocycles. The van der Waals surface area contributed by atoms with Crippen LogP contribution >= 0.6 is 0 Å². The zero-order valence-corrected chi connectivity index (χ0v) is 18.3. The molecule has 166 valence electrons. The van der Waals surface area contributed by atoms with E-state index < -0.39 is 5.82 Å². The van der Waals surface area contributed by atoms with E-state index in [2.05, 4.69) is 5.32 Å². The molecule has 0 atom stereocenters. The average Bonchev–Trinajstić information content (AvgIpc) is 2.79. The number of nitrogens with one attached hydrogen (secondary N) is 1. The van der Waals surface area contributed by atoms with Gasteiger partial charge >= 0.3 is 0 Å². The summed E-state index contributed by atoms with van der Waals surface area (Å²) in [5.41, 5.74) is 3.87. The highest BCUT2D eigenvalue weighted by Gasteiger charge is 2.19. The van der Waals surface area contributed by atoms with Crippen molar-refractivity contribution >= 4 is 17.5 Å². The first-order valence-electron chi connectivity index (χ1n) is 10.4. The van der Waals surface area contributed by atoms with Gasteiger partial charge in [0.15, 0.2) is 0 Å². The first kappa shape index (κ1) is 23.2. The molecule has 5 nitrogen and oxygen atoms in total.